The molecule has 0 bridgehead atoms. The van der Waals surface area contributed by atoms with E-state index in [1.807, 2.05) is 13.8 Å². The molecule has 0 aliphatic heterocycles. The summed E-state index contributed by atoms with van der Waals surface area (Å²) >= 11 is 0. The van der Waals surface area contributed by atoms with Crippen molar-refractivity contribution in [3.05, 3.63) is 29.8 Å². The van der Waals surface area contributed by atoms with Crippen LogP contribution in [0.4, 0.5) is 23.7 Å². The number of carbonyl (C=O) groups is 1. The van der Waals surface area contributed by atoms with Crippen molar-refractivity contribution in [2.45, 2.75) is 32.5 Å². The van der Waals surface area contributed by atoms with Gasteiger partial charge in [0.15, 0.2) is 0 Å². The van der Waals surface area contributed by atoms with Crippen LogP contribution in [0.5, 0.6) is 0 Å². The zero-order valence-corrected chi connectivity index (χ0v) is 11.9. The average molecular weight is 304 g/mol. The summed E-state index contributed by atoms with van der Waals surface area (Å²) in [5, 5.41) is 14.1. The Labute approximate surface area is 121 Å². The number of hydrogen-bond donors (Lipinski definition) is 3. The molecule has 0 unspecified atom stereocenters. The van der Waals surface area contributed by atoms with Gasteiger partial charge < -0.3 is 15.7 Å². The molecule has 118 valence electrons. The van der Waals surface area contributed by atoms with Crippen LogP contribution in [0, 0.1) is 5.92 Å². The van der Waals surface area contributed by atoms with Gasteiger partial charge in [0.05, 0.1) is 17.4 Å². The van der Waals surface area contributed by atoms with Crippen molar-refractivity contribution in [3.63, 3.8) is 0 Å². The molecule has 0 heterocycles. The molecule has 7 heteroatoms. The maximum atomic E-state index is 12.7. The lowest BCUT2D eigenvalue weighted by Gasteiger charge is -2.16. The predicted octanol–water partition coefficient (Wildman–Crippen LogP) is 3.23. The molecule has 0 fully saturated rings. The predicted molar refractivity (Wildman–Crippen MR) is 73.9 cm³/mol. The number of aliphatic hydroxyl groups excluding tert-OH is 1. The number of urea groups is 1. The molecule has 0 radical (unpaired) electrons. The Balaban J connectivity index is 2.60. The smallest absolute Gasteiger partial charge is 0.391 e. The van der Waals surface area contributed by atoms with Gasteiger partial charge in [0.25, 0.3) is 0 Å². The molecule has 0 saturated heterocycles. The zero-order valence-electron chi connectivity index (χ0n) is 11.9. The quantitative estimate of drug-likeness (QED) is 0.782. The van der Waals surface area contributed by atoms with Gasteiger partial charge >= 0.3 is 12.2 Å². The average Bonchev–Trinajstić information content (AvgIpc) is 2.35. The molecule has 0 aliphatic rings. The van der Waals surface area contributed by atoms with Crippen molar-refractivity contribution in [1.29, 1.82) is 0 Å². The summed E-state index contributed by atoms with van der Waals surface area (Å²) in [5.41, 5.74) is -1.23. The third kappa shape index (κ3) is 6.03. The van der Waals surface area contributed by atoms with E-state index in [4.69, 9.17) is 0 Å². The van der Waals surface area contributed by atoms with Gasteiger partial charge in [0, 0.05) is 6.54 Å². The van der Waals surface area contributed by atoms with Gasteiger partial charge in [0.2, 0.25) is 0 Å². The Kier molecular flexibility index (Phi) is 6.02. The van der Waals surface area contributed by atoms with Crippen molar-refractivity contribution < 1.29 is 23.1 Å². The van der Waals surface area contributed by atoms with E-state index in [1.54, 1.807) is 0 Å². The number of rotatable bonds is 5. The molecule has 0 saturated carbocycles. The molecule has 4 nitrogen and oxygen atoms in total. The highest BCUT2D eigenvalue weighted by Crippen LogP contribution is 2.34. The molecule has 0 aliphatic carbocycles. The van der Waals surface area contributed by atoms with Crippen LogP contribution in [0.25, 0.3) is 0 Å². The molecular weight excluding hydrogens is 285 g/mol. The van der Waals surface area contributed by atoms with E-state index >= 15 is 0 Å². The fraction of sp³-hybridized carbons (Fsp3) is 0.500. The van der Waals surface area contributed by atoms with Crippen LogP contribution < -0.4 is 10.6 Å². The fourth-order valence-corrected chi connectivity index (χ4v) is 1.84. The highest BCUT2D eigenvalue weighted by Gasteiger charge is 2.33. The Morgan fingerprint density at radius 1 is 1.29 bits per heavy atom. The van der Waals surface area contributed by atoms with E-state index in [9.17, 15) is 23.1 Å². The van der Waals surface area contributed by atoms with Crippen LogP contribution in [0.1, 0.15) is 25.8 Å². The van der Waals surface area contributed by atoms with Crippen LogP contribution in [0.15, 0.2) is 24.3 Å². The summed E-state index contributed by atoms with van der Waals surface area (Å²) in [5.74, 6) is 0.260. The largest absolute Gasteiger partial charge is 0.418 e. The van der Waals surface area contributed by atoms with Crippen LogP contribution >= 0.6 is 0 Å². The summed E-state index contributed by atoms with van der Waals surface area (Å²) in [7, 11) is 0. The number of para-hydroxylation sites is 1. The van der Waals surface area contributed by atoms with E-state index < -0.39 is 23.9 Å². The van der Waals surface area contributed by atoms with Gasteiger partial charge in [-0.1, -0.05) is 26.0 Å². The van der Waals surface area contributed by atoms with Crippen LogP contribution in [-0.2, 0) is 6.18 Å². The second kappa shape index (κ2) is 7.31. The minimum atomic E-state index is -4.54. The zero-order chi connectivity index (χ0) is 16.0. The lowest BCUT2D eigenvalue weighted by molar-refractivity contribution is -0.136. The first-order valence-electron chi connectivity index (χ1n) is 6.59. The third-order valence-electron chi connectivity index (χ3n) is 2.72. The molecule has 3 N–H and O–H groups in total. The lowest BCUT2D eigenvalue weighted by Crippen LogP contribution is -2.36. The minimum absolute atomic E-state index is 0.0157. The van der Waals surface area contributed by atoms with E-state index in [-0.39, 0.29) is 18.2 Å². The monoisotopic (exact) mass is 304 g/mol. The molecule has 21 heavy (non-hydrogen) atoms. The van der Waals surface area contributed by atoms with E-state index in [0.29, 0.717) is 6.42 Å². The Morgan fingerprint density at radius 3 is 2.48 bits per heavy atom. The molecule has 2 amide bonds. The number of carbonyl (C=O) groups excluding carboxylic acids is 1. The number of aliphatic hydroxyl groups is 1. The van der Waals surface area contributed by atoms with Gasteiger partial charge in [-0.05, 0) is 24.5 Å². The number of benzene rings is 1. The summed E-state index contributed by atoms with van der Waals surface area (Å²) in [4.78, 5) is 11.6. The number of amides is 2. The first-order valence-corrected chi connectivity index (χ1v) is 6.59. The van der Waals surface area contributed by atoms with Crippen molar-refractivity contribution in [1.82, 2.24) is 5.32 Å². The number of anilines is 1. The standard InChI is InChI=1S/C14H19F3N2O2/c1-9(2)7-10(20)8-18-13(21)19-12-6-4-3-5-11(12)14(15,16)17/h3-6,9-10,20H,7-8H2,1-2H3,(H2,18,19,21)/t10-/m0/s1. The van der Waals surface area contributed by atoms with Gasteiger partial charge in [-0.3, -0.25) is 0 Å². The molecular formula is C14H19F3N2O2. The van der Waals surface area contributed by atoms with Gasteiger partial charge in [-0.25, -0.2) is 4.79 Å². The topological polar surface area (TPSA) is 61.4 Å². The second-order valence-electron chi connectivity index (χ2n) is 5.16. The van der Waals surface area contributed by atoms with Crippen LogP contribution in [-0.4, -0.2) is 23.8 Å². The third-order valence-corrected chi connectivity index (χ3v) is 2.72. The SMILES string of the molecule is CC(C)C[C@H](O)CNC(=O)Nc1ccccc1C(F)(F)F. The maximum Gasteiger partial charge on any atom is 0.418 e. The lowest BCUT2D eigenvalue weighted by atomic mass is 10.1. The van der Waals surface area contributed by atoms with Crippen molar-refractivity contribution in [3.8, 4) is 0 Å². The van der Waals surface area contributed by atoms with E-state index in [2.05, 4.69) is 10.6 Å². The van der Waals surface area contributed by atoms with Crippen molar-refractivity contribution >= 4 is 11.7 Å². The molecule has 0 spiro atoms. The summed E-state index contributed by atoms with van der Waals surface area (Å²) in [6.45, 7) is 3.82. The first-order chi connectivity index (χ1) is 9.70. The van der Waals surface area contributed by atoms with Crippen LogP contribution in [0.3, 0.4) is 0 Å². The Morgan fingerprint density at radius 2 is 1.90 bits per heavy atom. The van der Waals surface area contributed by atoms with Gasteiger partial charge in [-0.15, -0.1) is 0 Å². The highest BCUT2D eigenvalue weighted by atomic mass is 19.4. The summed E-state index contributed by atoms with van der Waals surface area (Å²) in [6.07, 6.45) is -4.77. The molecule has 1 atom stereocenters. The van der Waals surface area contributed by atoms with Gasteiger partial charge in [0.1, 0.15) is 0 Å². The van der Waals surface area contributed by atoms with E-state index in [0.717, 1.165) is 6.07 Å². The molecule has 1 rings (SSSR count). The van der Waals surface area contributed by atoms with Crippen molar-refractivity contribution in [2.75, 3.05) is 11.9 Å². The Hall–Kier alpha value is -1.76. The number of nitrogens with one attached hydrogen (secondary N) is 2. The number of hydrogen-bond acceptors (Lipinski definition) is 2. The first kappa shape index (κ1) is 17.3. The Bertz CT molecular complexity index is 476. The van der Waals surface area contributed by atoms with Crippen molar-refractivity contribution in [2.24, 2.45) is 5.92 Å². The molecule has 0 aromatic heterocycles. The summed E-state index contributed by atoms with van der Waals surface area (Å²) in [6, 6.07) is 3.93. The second-order valence-corrected chi connectivity index (χ2v) is 5.16. The fourth-order valence-electron chi connectivity index (χ4n) is 1.84. The molecule has 1 aromatic rings. The number of alkyl halides is 3. The normalized spacial score (nSPS) is 13.1. The molecule has 1 aromatic carbocycles. The van der Waals surface area contributed by atoms with Gasteiger partial charge in [-0.2, -0.15) is 13.2 Å². The minimum Gasteiger partial charge on any atom is -0.391 e. The maximum absolute atomic E-state index is 12.7. The van der Waals surface area contributed by atoms with Crippen LogP contribution in [0.2, 0.25) is 0 Å². The highest BCUT2D eigenvalue weighted by molar-refractivity contribution is 5.90. The summed E-state index contributed by atoms with van der Waals surface area (Å²) < 4.78 is 38.2. The van der Waals surface area contributed by atoms with E-state index in [1.165, 1.54) is 18.2 Å². The number of halogens is 3.